The van der Waals surface area contributed by atoms with Gasteiger partial charge in [-0.1, -0.05) is 261 Å². The Morgan fingerprint density at radius 1 is 0.288 bits per heavy atom. The van der Waals surface area contributed by atoms with E-state index < -0.39 is 0 Å². The summed E-state index contributed by atoms with van der Waals surface area (Å²) in [7, 11) is 22.1. The van der Waals surface area contributed by atoms with Crippen LogP contribution in [0.25, 0.3) is 6.08 Å². The minimum atomic E-state index is 0.364. The Kier molecular flexibility index (Phi) is 39.2. The highest BCUT2D eigenvalue weighted by molar-refractivity contribution is 7.08. The van der Waals surface area contributed by atoms with Gasteiger partial charge < -0.3 is 49.0 Å². The third kappa shape index (κ3) is 30.0. The van der Waals surface area contributed by atoms with Crippen LogP contribution in [0.1, 0.15) is 223 Å². The monoisotopic (exact) mass is 1790 g/mol. The highest BCUT2D eigenvalue weighted by Gasteiger charge is 2.41. The highest BCUT2D eigenvalue weighted by atomic mass is 32.1. The van der Waals surface area contributed by atoms with Gasteiger partial charge in [0.1, 0.15) is 0 Å². The topological polar surface area (TPSA) is 32.4 Å². The number of fused-ring (bicyclic) bond motifs is 8. The first kappa shape index (κ1) is 100.0. The molecule has 0 saturated carbocycles. The van der Waals surface area contributed by atoms with Gasteiger partial charge in [0.05, 0.1) is 0 Å². The molecule has 3 unspecified atom stereocenters. The van der Waals surface area contributed by atoms with E-state index in [0.717, 1.165) is 53.9 Å². The Hall–Kier alpha value is -7.98. The van der Waals surface area contributed by atoms with Gasteiger partial charge in [-0.25, -0.2) is 0 Å². The third-order valence-electron chi connectivity index (χ3n) is 31.9. The molecule has 10 aromatic rings. The minimum absolute atomic E-state index is 0.364. The van der Waals surface area contributed by atoms with E-state index in [9.17, 15) is 0 Å². The van der Waals surface area contributed by atoms with Gasteiger partial charge in [0.25, 0.3) is 0 Å². The Bertz CT molecular complexity index is 4880. The van der Waals surface area contributed by atoms with Crippen LogP contribution >= 0.6 is 11.3 Å². The molecule has 0 amide bonds. The van der Waals surface area contributed by atoms with Crippen molar-refractivity contribution >= 4 is 17.4 Å². The molecule has 3 aliphatic carbocycles. The predicted molar refractivity (Wildman–Crippen MR) is 565 cm³/mol. The Morgan fingerprint density at radius 3 is 1.30 bits per heavy atom. The number of hydrogen-bond donors (Lipinski definition) is 0. The Labute approximate surface area is 804 Å². The predicted octanol–water partition coefficient (Wildman–Crippen LogP) is 23.9. The lowest BCUT2D eigenvalue weighted by Crippen LogP contribution is -2.41. The first-order valence-corrected chi connectivity index (χ1v) is 52.5. The van der Waals surface area contributed by atoms with Gasteiger partial charge in [-0.2, -0.15) is 11.3 Å². The van der Waals surface area contributed by atoms with Gasteiger partial charge in [-0.15, -0.1) is 0 Å². The lowest BCUT2D eigenvalue weighted by atomic mass is 9.72. The molecule has 11 heterocycles. The molecule has 9 aromatic carbocycles. The summed E-state index contributed by atoms with van der Waals surface area (Å²) in [5.41, 5.74) is 22.6. The van der Waals surface area contributed by atoms with E-state index in [0.29, 0.717) is 10.8 Å². The van der Waals surface area contributed by atoms with E-state index in [-0.39, 0.29) is 0 Å². The number of hydrogen-bond acceptors (Lipinski definition) is 11. The van der Waals surface area contributed by atoms with Crippen LogP contribution in [0.5, 0.6) is 0 Å². The van der Waals surface area contributed by atoms with E-state index >= 15 is 0 Å². The van der Waals surface area contributed by atoms with Crippen LogP contribution < -0.4 is 0 Å². The highest BCUT2D eigenvalue weighted by Crippen LogP contribution is 2.47. The molecule has 10 aliphatic heterocycles. The molecule has 5 atom stereocenters. The molecule has 9 saturated heterocycles. The Morgan fingerprint density at radius 2 is 0.727 bits per heavy atom. The maximum atomic E-state index is 2.50. The van der Waals surface area contributed by atoms with E-state index in [1.54, 1.807) is 33.4 Å². The average molecular weight is 1790 g/mol. The summed E-state index contributed by atoms with van der Waals surface area (Å²) in [4.78, 5) is 24.2. The largest absolute Gasteiger partial charge is 0.306 e. The second-order valence-electron chi connectivity index (χ2n) is 41.9. The molecule has 11 heteroatoms. The van der Waals surface area contributed by atoms with Crippen LogP contribution in [-0.2, 0) is 43.1 Å². The number of allylic oxidation sites excluding steroid dienone is 1. The number of benzene rings is 9. The van der Waals surface area contributed by atoms with Crippen LogP contribution in [0, 0.1) is 11.8 Å². The van der Waals surface area contributed by atoms with Gasteiger partial charge in [0.2, 0.25) is 0 Å². The summed E-state index contributed by atoms with van der Waals surface area (Å²) < 4.78 is 0. The molecule has 706 valence electrons. The maximum Gasteiger partial charge on any atom is 0.0233 e. The number of thiophene rings is 1. The number of aryl methyl sites for hydroxylation is 2. The molecular formula is C121H166N10S. The van der Waals surface area contributed by atoms with E-state index in [2.05, 4.69) is 397 Å². The van der Waals surface area contributed by atoms with Gasteiger partial charge >= 0.3 is 0 Å². The van der Waals surface area contributed by atoms with E-state index in [4.69, 9.17) is 0 Å². The first-order chi connectivity index (χ1) is 64.5. The molecule has 9 fully saturated rings. The van der Waals surface area contributed by atoms with Crippen LogP contribution in [0.15, 0.2) is 272 Å². The molecule has 2 spiro atoms. The van der Waals surface area contributed by atoms with E-state index in [1.165, 1.54) is 304 Å². The second kappa shape index (κ2) is 51.8. The molecule has 0 radical (unpaired) electrons. The van der Waals surface area contributed by atoms with Crippen molar-refractivity contribution in [1.82, 2.24) is 49.0 Å². The van der Waals surface area contributed by atoms with Crippen molar-refractivity contribution < 1.29 is 0 Å². The summed E-state index contributed by atoms with van der Waals surface area (Å²) in [6.07, 6.45) is 32.7. The van der Waals surface area contributed by atoms with Gasteiger partial charge in [0.15, 0.2) is 0 Å². The zero-order valence-electron chi connectivity index (χ0n) is 83.0. The van der Waals surface area contributed by atoms with Crippen molar-refractivity contribution in [2.24, 2.45) is 11.8 Å². The lowest BCUT2D eigenvalue weighted by molar-refractivity contribution is 0.169. The number of nitrogens with zero attached hydrogens (tertiary/aromatic N) is 10. The van der Waals surface area contributed by atoms with Crippen molar-refractivity contribution in [2.45, 2.75) is 188 Å². The van der Waals surface area contributed by atoms with Crippen molar-refractivity contribution in [3.05, 3.63) is 350 Å². The second-order valence-corrected chi connectivity index (χ2v) is 42.7. The van der Waals surface area contributed by atoms with Crippen LogP contribution in [0.2, 0.25) is 0 Å². The molecule has 1 aromatic heterocycles. The number of piperidine rings is 6. The third-order valence-corrected chi connectivity index (χ3v) is 32.6. The van der Waals surface area contributed by atoms with Gasteiger partial charge in [0, 0.05) is 57.1 Å². The normalized spacial score (nSPS) is 23.3. The van der Waals surface area contributed by atoms with Crippen molar-refractivity contribution in [2.75, 3.05) is 195 Å². The van der Waals surface area contributed by atoms with Crippen LogP contribution in [0.3, 0.4) is 0 Å². The SMILES string of the molecule is CN1CC(c2ccccc2)C1.CN1CCC(c2ccccc2)C1.CN1CCC(c2ccccc2)CC1.CN1CCC(c2ccsc2)CC1.CN1CCC2(C=Cc3ccccc32)CC1.CN1CCC2(CCc3ccccc32)CC1.CN1CCCC(Cc2ccccc2)C1.CN1CCCC(c2ccccc2)CC1.CN1CC[C@@H]2c3ccccc3CC[C@H]2C1.CN1CCc2ccccc2C1. The molecule has 132 heavy (non-hydrogen) atoms. The fraction of sp³-hybridized carbons (Fsp3) is 0.504. The number of likely N-dealkylation sites (tertiary alicyclic amines) is 9. The minimum Gasteiger partial charge on any atom is -0.306 e. The first-order valence-electron chi connectivity index (χ1n) is 51.6. The van der Waals surface area contributed by atoms with Crippen molar-refractivity contribution in [1.29, 1.82) is 0 Å². The fourth-order valence-electron chi connectivity index (χ4n) is 23.4. The maximum absolute atomic E-state index is 2.50. The number of likely N-dealkylation sites (N-methyl/N-ethyl adjacent to an activating group) is 3. The molecule has 13 aliphatic rings. The quantitative estimate of drug-likeness (QED) is 0.154. The number of rotatable bonds is 7. The zero-order chi connectivity index (χ0) is 91.7. The van der Waals surface area contributed by atoms with Gasteiger partial charge in [-0.05, 0) is 432 Å². The fourth-order valence-corrected chi connectivity index (χ4v) is 24.1. The lowest BCUT2D eigenvalue weighted by Gasteiger charge is -2.41. The van der Waals surface area contributed by atoms with E-state index in [1.807, 2.05) is 11.3 Å². The molecule has 23 rings (SSSR count). The summed E-state index contributed by atoms with van der Waals surface area (Å²) >= 11 is 1.82. The summed E-state index contributed by atoms with van der Waals surface area (Å²) in [6, 6.07) is 92.3. The van der Waals surface area contributed by atoms with Crippen LogP contribution in [0.4, 0.5) is 0 Å². The Balaban J connectivity index is 0.000000118. The molecule has 0 bridgehead atoms. The van der Waals surface area contributed by atoms with Gasteiger partial charge in [-0.3, -0.25) is 0 Å². The molecule has 0 N–H and O–H groups in total. The standard InChI is InChI=1S/C14H19N.C14H17N.C14H19N.2C13H19N.C12H17N.C11H15N.C10H15NS.2C10H13N/c2*1-15-10-8-14(9-11-15)7-6-12-4-2-3-5-13(12)14;1-15-9-8-14-12(10-15)7-6-11-4-2-3-5-13(11)14;1-14-10-5-8-13(9-11-14)12-6-3-2-4-7-12;1-14-9-5-8-13(11-14)10-12-6-3-2-4-7-12;1-13-9-7-12(8-10-13)11-5-3-2-4-6-11;1-12-8-7-11(9-12)10-5-3-2-4-6-10;1-11-5-2-9(3-6-11)10-4-7-12-8-10;1-11-7-6-9-4-2-3-5-10(9)8-11;1-11-7-10(8-11)9-5-3-2-4-6-9/h2-5H,6-11H2,1H3;2-7H,8-11H2,1H3;2-5,12,14H,6-10H2,1H3;2*2-4,6-7,13H,5,8-11H2,1H3;2-6,12H,7-10H2,1H3;2-6,11H,7-9H2,1H3;4,7-9H,2-3,5-6H2,1H3;2-5H,6-8H2,1H3;2-6,10H,7-8H2,1H3/t;;12-,14-;;;;;;;/m..0......./s1. The average Bonchev–Trinajstić information content (AvgIpc) is 1.72. The van der Waals surface area contributed by atoms with Crippen molar-refractivity contribution in [3.63, 3.8) is 0 Å². The van der Waals surface area contributed by atoms with Crippen LogP contribution in [-0.4, -0.2) is 244 Å². The van der Waals surface area contributed by atoms with Crippen molar-refractivity contribution in [3.8, 4) is 0 Å². The summed E-state index contributed by atoms with van der Waals surface area (Å²) in [5, 5.41) is 4.49. The molecule has 10 nitrogen and oxygen atoms in total. The summed E-state index contributed by atoms with van der Waals surface area (Å²) in [6.45, 7) is 24.9. The summed E-state index contributed by atoms with van der Waals surface area (Å²) in [5.74, 6) is 6.64. The zero-order valence-corrected chi connectivity index (χ0v) is 83.9. The smallest absolute Gasteiger partial charge is 0.0233 e. The molecular weight excluding hydrogens is 1630 g/mol.